The van der Waals surface area contributed by atoms with Crippen molar-refractivity contribution in [3.63, 3.8) is 0 Å². The van der Waals surface area contributed by atoms with Crippen LogP contribution >= 0.6 is 0 Å². The standard InChI is InChI=1S/C16H32/c1-11(2)13(15(5,6)7)14(12(3)4)16(8,9)10/h11-12H,1-10H3. The fraction of sp³-hybridized carbons (Fsp3) is 0.875. The van der Waals surface area contributed by atoms with Crippen LogP contribution < -0.4 is 0 Å². The Bertz CT molecular complexity index is 223. The lowest BCUT2D eigenvalue weighted by Crippen LogP contribution is -2.25. The largest absolute Gasteiger partial charge is 0.0623 e. The van der Waals surface area contributed by atoms with Crippen molar-refractivity contribution in [1.82, 2.24) is 0 Å². The van der Waals surface area contributed by atoms with Crippen LogP contribution in [0.1, 0.15) is 69.2 Å². The Kier molecular flexibility index (Phi) is 4.86. The molecule has 0 N–H and O–H groups in total. The van der Waals surface area contributed by atoms with Crippen molar-refractivity contribution in [3.8, 4) is 0 Å². The van der Waals surface area contributed by atoms with Gasteiger partial charge in [0.15, 0.2) is 0 Å². The summed E-state index contributed by atoms with van der Waals surface area (Å²) < 4.78 is 0. The van der Waals surface area contributed by atoms with Crippen molar-refractivity contribution >= 4 is 0 Å². The molecule has 0 bridgehead atoms. The van der Waals surface area contributed by atoms with Crippen LogP contribution in [0.5, 0.6) is 0 Å². The van der Waals surface area contributed by atoms with Gasteiger partial charge in [-0.2, -0.15) is 0 Å². The fourth-order valence-electron chi connectivity index (χ4n) is 3.16. The van der Waals surface area contributed by atoms with Gasteiger partial charge in [0.1, 0.15) is 0 Å². The molecule has 0 amide bonds. The van der Waals surface area contributed by atoms with Gasteiger partial charge in [0.05, 0.1) is 0 Å². The van der Waals surface area contributed by atoms with Crippen molar-refractivity contribution in [3.05, 3.63) is 11.1 Å². The zero-order valence-electron chi connectivity index (χ0n) is 13.2. The lowest BCUT2D eigenvalue weighted by atomic mass is 9.68. The van der Waals surface area contributed by atoms with E-state index in [4.69, 9.17) is 0 Å². The molecule has 0 heterocycles. The van der Waals surface area contributed by atoms with Gasteiger partial charge in [-0.25, -0.2) is 0 Å². The molecule has 0 nitrogen and oxygen atoms in total. The second kappa shape index (κ2) is 4.94. The molecule has 0 aromatic heterocycles. The van der Waals surface area contributed by atoms with Crippen LogP contribution in [0.25, 0.3) is 0 Å². The summed E-state index contributed by atoms with van der Waals surface area (Å²) in [5.74, 6) is 1.27. The van der Waals surface area contributed by atoms with Crippen molar-refractivity contribution in [2.45, 2.75) is 69.2 Å². The van der Waals surface area contributed by atoms with Gasteiger partial charge in [0.2, 0.25) is 0 Å². The number of allylic oxidation sites excluding steroid dienone is 2. The molecule has 0 heteroatoms. The molecule has 0 rings (SSSR count). The van der Waals surface area contributed by atoms with E-state index >= 15 is 0 Å². The summed E-state index contributed by atoms with van der Waals surface area (Å²) >= 11 is 0. The highest BCUT2D eigenvalue weighted by Crippen LogP contribution is 2.43. The third-order valence-corrected chi connectivity index (χ3v) is 3.06. The van der Waals surface area contributed by atoms with Gasteiger partial charge in [-0.05, 0) is 22.7 Å². The SMILES string of the molecule is CC(C)C(=C(C(C)C)C(C)(C)C)C(C)(C)C. The molecule has 0 aromatic rings. The Morgan fingerprint density at radius 1 is 0.562 bits per heavy atom. The predicted molar refractivity (Wildman–Crippen MR) is 75.6 cm³/mol. The topological polar surface area (TPSA) is 0 Å². The van der Waals surface area contributed by atoms with Crippen LogP contribution in [0.15, 0.2) is 11.1 Å². The summed E-state index contributed by atoms with van der Waals surface area (Å²) in [5, 5.41) is 0. The third kappa shape index (κ3) is 3.96. The van der Waals surface area contributed by atoms with E-state index in [1.807, 2.05) is 0 Å². The van der Waals surface area contributed by atoms with Gasteiger partial charge in [0.25, 0.3) is 0 Å². The molecule has 0 fully saturated rings. The molecule has 0 aliphatic rings. The van der Waals surface area contributed by atoms with Crippen LogP contribution in [0.2, 0.25) is 0 Å². The van der Waals surface area contributed by atoms with Crippen molar-refractivity contribution in [2.75, 3.05) is 0 Å². The Morgan fingerprint density at radius 2 is 0.750 bits per heavy atom. The van der Waals surface area contributed by atoms with Crippen LogP contribution in [0.3, 0.4) is 0 Å². The van der Waals surface area contributed by atoms with Crippen molar-refractivity contribution < 1.29 is 0 Å². The molecule has 0 unspecified atom stereocenters. The zero-order valence-corrected chi connectivity index (χ0v) is 13.2. The molecule has 16 heavy (non-hydrogen) atoms. The predicted octanol–water partition coefficient (Wildman–Crippen LogP) is 5.69. The molecule has 0 aliphatic carbocycles. The van der Waals surface area contributed by atoms with E-state index in [0.717, 1.165) is 0 Å². The smallest absolute Gasteiger partial charge is 0.0167 e. The first kappa shape index (κ1) is 15.7. The van der Waals surface area contributed by atoms with Gasteiger partial charge < -0.3 is 0 Å². The van der Waals surface area contributed by atoms with E-state index in [1.54, 1.807) is 11.1 Å². The number of hydrogen-bond donors (Lipinski definition) is 0. The van der Waals surface area contributed by atoms with Gasteiger partial charge in [0, 0.05) is 0 Å². The summed E-state index contributed by atoms with van der Waals surface area (Å²) in [4.78, 5) is 0. The summed E-state index contributed by atoms with van der Waals surface area (Å²) in [5.41, 5.74) is 3.85. The molecule has 0 radical (unpaired) electrons. The van der Waals surface area contributed by atoms with Crippen molar-refractivity contribution in [1.29, 1.82) is 0 Å². The minimum atomic E-state index is 0.279. The second-order valence-electron chi connectivity index (χ2n) is 7.64. The maximum absolute atomic E-state index is 2.34. The first-order valence-electron chi connectivity index (χ1n) is 6.64. The average Bonchev–Trinajstić information content (AvgIpc) is 1.92. The van der Waals surface area contributed by atoms with Gasteiger partial charge in [-0.15, -0.1) is 0 Å². The quantitative estimate of drug-likeness (QED) is 0.529. The Labute approximate surface area is 104 Å². The monoisotopic (exact) mass is 224 g/mol. The zero-order chi connectivity index (χ0) is 13.3. The highest BCUT2D eigenvalue weighted by molar-refractivity contribution is 5.27. The lowest BCUT2D eigenvalue weighted by molar-refractivity contribution is 0.375. The summed E-state index contributed by atoms with van der Waals surface area (Å²) in [6.45, 7) is 23.4. The fourth-order valence-corrected chi connectivity index (χ4v) is 3.16. The van der Waals surface area contributed by atoms with Crippen LogP contribution in [-0.4, -0.2) is 0 Å². The normalized spacial score (nSPS) is 15.8. The van der Waals surface area contributed by atoms with Crippen molar-refractivity contribution in [2.24, 2.45) is 22.7 Å². The van der Waals surface area contributed by atoms with E-state index in [2.05, 4.69) is 69.2 Å². The molecule has 0 spiro atoms. The molecule has 0 aromatic carbocycles. The Morgan fingerprint density at radius 3 is 0.812 bits per heavy atom. The first-order chi connectivity index (χ1) is 6.89. The second-order valence-corrected chi connectivity index (χ2v) is 7.64. The lowest BCUT2D eigenvalue weighted by Gasteiger charge is -2.38. The van der Waals surface area contributed by atoms with Gasteiger partial charge in [-0.3, -0.25) is 0 Å². The summed E-state index contributed by atoms with van der Waals surface area (Å²) in [7, 11) is 0. The third-order valence-electron chi connectivity index (χ3n) is 3.06. The van der Waals surface area contributed by atoms with Crippen LogP contribution in [-0.2, 0) is 0 Å². The molecular weight excluding hydrogens is 192 g/mol. The maximum atomic E-state index is 2.34. The maximum Gasteiger partial charge on any atom is -0.0167 e. The molecule has 0 atom stereocenters. The summed E-state index contributed by atoms with van der Waals surface area (Å²) in [6, 6.07) is 0. The Balaban J connectivity index is 5.87. The molecular formula is C16H32. The molecule has 0 saturated carbocycles. The number of rotatable bonds is 2. The highest BCUT2D eigenvalue weighted by atomic mass is 14.4. The van der Waals surface area contributed by atoms with E-state index in [1.165, 1.54) is 0 Å². The molecule has 0 aliphatic heterocycles. The highest BCUT2D eigenvalue weighted by Gasteiger charge is 2.30. The molecule has 96 valence electrons. The molecule has 0 saturated heterocycles. The first-order valence-corrected chi connectivity index (χ1v) is 6.64. The minimum Gasteiger partial charge on any atom is -0.0623 e. The van der Waals surface area contributed by atoms with Crippen LogP contribution in [0.4, 0.5) is 0 Å². The van der Waals surface area contributed by atoms with Gasteiger partial charge >= 0.3 is 0 Å². The Hall–Kier alpha value is -0.260. The van der Waals surface area contributed by atoms with E-state index in [0.29, 0.717) is 11.8 Å². The van der Waals surface area contributed by atoms with Gasteiger partial charge in [-0.1, -0.05) is 80.4 Å². The van der Waals surface area contributed by atoms with Crippen LogP contribution in [0, 0.1) is 22.7 Å². The van der Waals surface area contributed by atoms with E-state index in [-0.39, 0.29) is 10.8 Å². The van der Waals surface area contributed by atoms with E-state index < -0.39 is 0 Å². The average molecular weight is 224 g/mol. The van der Waals surface area contributed by atoms with E-state index in [9.17, 15) is 0 Å². The minimum absolute atomic E-state index is 0.279. The summed E-state index contributed by atoms with van der Waals surface area (Å²) in [6.07, 6.45) is 0. The number of hydrogen-bond acceptors (Lipinski definition) is 0.